The summed E-state index contributed by atoms with van der Waals surface area (Å²) in [5, 5.41) is 7.22. The minimum atomic E-state index is -0.516. The molecule has 1 aliphatic rings. The predicted molar refractivity (Wildman–Crippen MR) is 98.8 cm³/mol. The van der Waals surface area contributed by atoms with Gasteiger partial charge in [0.1, 0.15) is 5.60 Å². The van der Waals surface area contributed by atoms with Gasteiger partial charge in [0.25, 0.3) is 0 Å². The van der Waals surface area contributed by atoms with Gasteiger partial charge >= 0.3 is 6.09 Å². The molecule has 6 nitrogen and oxygen atoms in total. The first-order valence-electron chi connectivity index (χ1n) is 8.80. The van der Waals surface area contributed by atoms with Crippen LogP contribution in [-0.2, 0) is 11.3 Å². The van der Waals surface area contributed by atoms with Gasteiger partial charge in [0.15, 0.2) is 5.65 Å². The molecule has 0 radical (unpaired) electrons. The number of hydrogen-bond donors (Lipinski definition) is 1. The number of nitrogens with zero attached hydrogens (tertiary/aromatic N) is 3. The number of halogens is 1. The van der Waals surface area contributed by atoms with Crippen LogP contribution in [0.4, 0.5) is 4.79 Å². The lowest BCUT2D eigenvalue weighted by Gasteiger charge is -2.19. The number of hydrogen-bond acceptors (Lipinski definition) is 4. The highest BCUT2D eigenvalue weighted by Gasteiger charge is 2.16. The Hall–Kier alpha value is -1.82. The van der Waals surface area contributed by atoms with Gasteiger partial charge in [0.05, 0.1) is 29.7 Å². The summed E-state index contributed by atoms with van der Waals surface area (Å²) >= 11 is 5.82. The van der Waals surface area contributed by atoms with Crippen molar-refractivity contribution in [1.82, 2.24) is 19.9 Å². The van der Waals surface area contributed by atoms with Gasteiger partial charge in [-0.1, -0.05) is 50.1 Å². The Morgan fingerprint density at radius 3 is 2.40 bits per heavy atom. The van der Waals surface area contributed by atoms with Gasteiger partial charge in [-0.2, -0.15) is 5.10 Å². The molecule has 0 unspecified atom stereocenters. The Bertz CT molecular complexity index is 678. The van der Waals surface area contributed by atoms with E-state index in [1.54, 1.807) is 16.8 Å². The number of aromatic nitrogens is 3. The third-order valence-electron chi connectivity index (χ3n) is 3.65. The van der Waals surface area contributed by atoms with Gasteiger partial charge in [-0.15, -0.1) is 0 Å². The second-order valence-electron chi connectivity index (χ2n) is 7.19. The van der Waals surface area contributed by atoms with Crippen molar-refractivity contribution < 1.29 is 9.53 Å². The molecule has 0 bridgehead atoms. The van der Waals surface area contributed by atoms with E-state index in [1.807, 2.05) is 20.8 Å². The Kier molecular flexibility index (Phi) is 7.05. The van der Waals surface area contributed by atoms with Crippen LogP contribution in [0, 0.1) is 0 Å². The van der Waals surface area contributed by atoms with Crippen molar-refractivity contribution >= 4 is 23.3 Å². The summed E-state index contributed by atoms with van der Waals surface area (Å²) in [5.41, 5.74) is 0.798. The quantitative estimate of drug-likeness (QED) is 0.832. The summed E-state index contributed by atoms with van der Waals surface area (Å²) in [6.45, 7) is 5.70. The molecular weight excluding hydrogens is 340 g/mol. The van der Waals surface area contributed by atoms with Crippen molar-refractivity contribution in [3.63, 3.8) is 0 Å². The van der Waals surface area contributed by atoms with Crippen LogP contribution >= 0.6 is 11.6 Å². The lowest BCUT2D eigenvalue weighted by atomic mass is 10.0. The van der Waals surface area contributed by atoms with Gasteiger partial charge in [-0.3, -0.25) is 0 Å². The highest BCUT2D eigenvalue weighted by atomic mass is 35.5. The van der Waals surface area contributed by atoms with Crippen molar-refractivity contribution in [3.05, 3.63) is 29.2 Å². The van der Waals surface area contributed by atoms with E-state index in [4.69, 9.17) is 16.3 Å². The van der Waals surface area contributed by atoms with Gasteiger partial charge in [0, 0.05) is 6.07 Å². The topological polar surface area (TPSA) is 68.5 Å². The number of rotatable bonds is 2. The fourth-order valence-electron chi connectivity index (χ4n) is 2.53. The number of carbonyl (C=O) groups excluding carboxylic acids is 1. The number of carbonyl (C=O) groups is 1. The lowest BCUT2D eigenvalue weighted by Crippen LogP contribution is -2.32. The zero-order valence-electron chi connectivity index (χ0n) is 15.2. The third kappa shape index (κ3) is 7.30. The molecule has 138 valence electrons. The molecule has 0 saturated heterocycles. The van der Waals surface area contributed by atoms with Crippen LogP contribution in [0.5, 0.6) is 0 Å². The molecule has 1 aliphatic carbocycles. The third-order valence-corrected chi connectivity index (χ3v) is 3.86. The van der Waals surface area contributed by atoms with Crippen LogP contribution in [0.2, 0.25) is 5.02 Å². The van der Waals surface area contributed by atoms with Crippen LogP contribution in [0.25, 0.3) is 5.65 Å². The molecule has 1 N–H and O–H groups in total. The van der Waals surface area contributed by atoms with Gasteiger partial charge < -0.3 is 10.1 Å². The maximum absolute atomic E-state index is 11.5. The monoisotopic (exact) mass is 366 g/mol. The normalized spacial score (nSPS) is 14.6. The average molecular weight is 367 g/mol. The fraction of sp³-hybridized carbons (Fsp3) is 0.611. The minimum absolute atomic E-state index is 0.274. The van der Waals surface area contributed by atoms with Gasteiger partial charge in [0.2, 0.25) is 0 Å². The van der Waals surface area contributed by atoms with Crippen molar-refractivity contribution in [1.29, 1.82) is 0 Å². The second-order valence-corrected chi connectivity index (χ2v) is 7.62. The van der Waals surface area contributed by atoms with E-state index in [0.717, 1.165) is 0 Å². The molecule has 2 aromatic rings. The molecule has 3 rings (SSSR count). The Labute approximate surface area is 153 Å². The van der Waals surface area contributed by atoms with E-state index in [2.05, 4.69) is 15.4 Å². The molecule has 2 aromatic heterocycles. The number of amides is 1. The number of nitrogens with one attached hydrogen (secondary N) is 1. The molecule has 2 heterocycles. The molecule has 1 amide bonds. The number of alkyl carbamates (subject to hydrolysis) is 1. The average Bonchev–Trinajstić information content (AvgIpc) is 2.95. The second kappa shape index (κ2) is 9.04. The SMILES string of the molecule is C1CCCCC1.CC(C)(C)OC(=O)NCc1cn2ncc(Cl)cc2n1. The Balaban J connectivity index is 0.000000316. The molecule has 0 aromatic carbocycles. The Morgan fingerprint density at radius 1 is 1.24 bits per heavy atom. The van der Waals surface area contributed by atoms with Crippen LogP contribution in [0.1, 0.15) is 65.0 Å². The fourth-order valence-corrected chi connectivity index (χ4v) is 2.67. The summed E-state index contributed by atoms with van der Waals surface area (Å²) in [6.07, 6.45) is 11.8. The van der Waals surface area contributed by atoms with Crippen LogP contribution in [0.15, 0.2) is 18.5 Å². The van der Waals surface area contributed by atoms with Gasteiger partial charge in [-0.05, 0) is 20.8 Å². The largest absolute Gasteiger partial charge is 0.444 e. The first-order chi connectivity index (χ1) is 11.8. The Morgan fingerprint density at radius 2 is 1.84 bits per heavy atom. The van der Waals surface area contributed by atoms with E-state index in [-0.39, 0.29) is 6.54 Å². The summed E-state index contributed by atoms with van der Waals surface area (Å²) in [5.74, 6) is 0. The van der Waals surface area contributed by atoms with E-state index in [1.165, 1.54) is 44.7 Å². The van der Waals surface area contributed by atoms with Crippen molar-refractivity contribution in [2.75, 3.05) is 0 Å². The zero-order valence-corrected chi connectivity index (χ0v) is 16.0. The standard InChI is InChI=1S/C12H15ClN4O2.C6H12/c1-12(2,3)19-11(18)14-6-9-7-17-10(16-9)4-8(13)5-15-17;1-2-4-6-5-3-1/h4-5,7H,6H2,1-3H3,(H,14,18);1-6H2. The molecule has 0 atom stereocenters. The van der Waals surface area contributed by atoms with Crippen LogP contribution < -0.4 is 5.32 Å². The van der Waals surface area contributed by atoms with Crippen LogP contribution in [0.3, 0.4) is 0 Å². The molecule has 0 spiro atoms. The first kappa shape index (κ1) is 19.5. The molecule has 25 heavy (non-hydrogen) atoms. The predicted octanol–water partition coefficient (Wildman–Crippen LogP) is 4.75. The molecular formula is C18H27ClN4O2. The number of imidazole rings is 1. The minimum Gasteiger partial charge on any atom is -0.444 e. The molecule has 0 aliphatic heterocycles. The van der Waals surface area contributed by atoms with E-state index in [0.29, 0.717) is 16.4 Å². The summed E-state index contributed by atoms with van der Waals surface area (Å²) < 4.78 is 6.73. The number of fused-ring (bicyclic) bond motifs is 1. The summed E-state index contributed by atoms with van der Waals surface area (Å²) in [4.78, 5) is 15.8. The van der Waals surface area contributed by atoms with E-state index < -0.39 is 11.7 Å². The smallest absolute Gasteiger partial charge is 0.407 e. The lowest BCUT2D eigenvalue weighted by molar-refractivity contribution is 0.0523. The van der Waals surface area contributed by atoms with E-state index >= 15 is 0 Å². The molecule has 1 fully saturated rings. The van der Waals surface area contributed by atoms with Crippen molar-refractivity contribution in [2.45, 2.75) is 71.4 Å². The van der Waals surface area contributed by atoms with Crippen LogP contribution in [-0.4, -0.2) is 26.3 Å². The van der Waals surface area contributed by atoms with E-state index in [9.17, 15) is 4.79 Å². The van der Waals surface area contributed by atoms with Gasteiger partial charge in [-0.25, -0.2) is 14.3 Å². The first-order valence-corrected chi connectivity index (χ1v) is 9.18. The summed E-state index contributed by atoms with van der Waals surface area (Å²) in [6, 6.07) is 1.70. The highest BCUT2D eigenvalue weighted by Crippen LogP contribution is 2.15. The summed E-state index contributed by atoms with van der Waals surface area (Å²) in [7, 11) is 0. The maximum Gasteiger partial charge on any atom is 0.407 e. The molecule has 7 heteroatoms. The van der Waals surface area contributed by atoms with Crippen molar-refractivity contribution in [3.8, 4) is 0 Å². The highest BCUT2D eigenvalue weighted by molar-refractivity contribution is 6.30. The maximum atomic E-state index is 11.5. The molecule has 1 saturated carbocycles. The van der Waals surface area contributed by atoms with Crippen molar-refractivity contribution in [2.24, 2.45) is 0 Å². The zero-order chi connectivity index (χ0) is 18.3. The number of ether oxygens (including phenoxy) is 1.